The molecule has 0 aliphatic carbocycles. The molecule has 17 heavy (non-hydrogen) atoms. The van der Waals surface area contributed by atoms with Crippen molar-refractivity contribution in [3.05, 3.63) is 34.3 Å². The molecule has 2 aromatic heterocycles. The molecular weight excluding hydrogens is 230 g/mol. The first-order valence-corrected chi connectivity index (χ1v) is 6.81. The van der Waals surface area contributed by atoms with Crippen LogP contribution in [0, 0.1) is 6.92 Å². The Kier molecular flexibility index (Phi) is 4.23. The average Bonchev–Trinajstić information content (AvgIpc) is 2.82. The zero-order valence-electron chi connectivity index (χ0n) is 10.2. The van der Waals surface area contributed by atoms with Gasteiger partial charge in [-0.25, -0.2) is 9.97 Å². The smallest absolute Gasteiger partial charge is 0.160 e. The van der Waals surface area contributed by atoms with Crippen LogP contribution in [0.1, 0.15) is 24.7 Å². The van der Waals surface area contributed by atoms with Gasteiger partial charge in [0.25, 0.3) is 0 Å². The van der Waals surface area contributed by atoms with E-state index in [0.29, 0.717) is 0 Å². The van der Waals surface area contributed by atoms with Gasteiger partial charge in [0.2, 0.25) is 0 Å². The number of aromatic nitrogens is 2. The Bertz CT molecular complexity index is 466. The molecule has 0 fully saturated rings. The van der Waals surface area contributed by atoms with Gasteiger partial charge < -0.3 is 5.32 Å². The van der Waals surface area contributed by atoms with E-state index in [0.717, 1.165) is 42.3 Å². The van der Waals surface area contributed by atoms with Gasteiger partial charge in [-0.2, -0.15) is 11.3 Å². The van der Waals surface area contributed by atoms with E-state index in [1.807, 2.05) is 13.0 Å². The summed E-state index contributed by atoms with van der Waals surface area (Å²) in [7, 11) is 0. The van der Waals surface area contributed by atoms with Crippen LogP contribution < -0.4 is 5.32 Å². The molecule has 2 aromatic rings. The average molecular weight is 247 g/mol. The molecule has 0 radical (unpaired) electrons. The summed E-state index contributed by atoms with van der Waals surface area (Å²) in [4.78, 5) is 9.05. The lowest BCUT2D eigenvalue weighted by Crippen LogP contribution is -2.15. The van der Waals surface area contributed by atoms with Crippen molar-refractivity contribution in [2.45, 2.75) is 26.8 Å². The Hall–Kier alpha value is -1.26. The quantitative estimate of drug-likeness (QED) is 0.825. The van der Waals surface area contributed by atoms with Crippen LogP contribution in [0.25, 0.3) is 11.4 Å². The lowest BCUT2D eigenvalue weighted by Gasteiger charge is -2.06. The second-order valence-corrected chi connectivity index (χ2v) is 4.79. The summed E-state index contributed by atoms with van der Waals surface area (Å²) in [5, 5.41) is 7.50. The molecule has 90 valence electrons. The van der Waals surface area contributed by atoms with Crippen LogP contribution in [0.4, 0.5) is 0 Å². The molecular formula is C13H17N3S. The topological polar surface area (TPSA) is 37.8 Å². The fraction of sp³-hybridized carbons (Fsp3) is 0.385. The first-order valence-electron chi connectivity index (χ1n) is 5.87. The normalized spacial score (nSPS) is 10.7. The van der Waals surface area contributed by atoms with Gasteiger partial charge >= 0.3 is 0 Å². The maximum Gasteiger partial charge on any atom is 0.160 e. The monoisotopic (exact) mass is 247 g/mol. The number of nitrogens with zero attached hydrogens (tertiary/aromatic N) is 2. The third-order valence-electron chi connectivity index (χ3n) is 2.42. The molecule has 0 saturated heterocycles. The molecule has 0 spiro atoms. The highest BCUT2D eigenvalue weighted by Crippen LogP contribution is 2.18. The van der Waals surface area contributed by atoms with Gasteiger partial charge in [0.1, 0.15) is 0 Å². The van der Waals surface area contributed by atoms with Gasteiger partial charge in [-0.05, 0) is 37.4 Å². The second kappa shape index (κ2) is 5.89. The molecule has 2 rings (SSSR count). The largest absolute Gasteiger partial charge is 0.311 e. The number of hydrogen-bond donors (Lipinski definition) is 1. The summed E-state index contributed by atoms with van der Waals surface area (Å²) in [5.41, 5.74) is 3.19. The zero-order valence-corrected chi connectivity index (χ0v) is 11.0. The molecule has 0 bridgehead atoms. The van der Waals surface area contributed by atoms with E-state index < -0.39 is 0 Å². The molecule has 4 heteroatoms. The number of hydrogen-bond acceptors (Lipinski definition) is 4. The van der Waals surface area contributed by atoms with Crippen LogP contribution in [0.15, 0.2) is 22.9 Å². The van der Waals surface area contributed by atoms with E-state index in [4.69, 9.17) is 0 Å². The molecule has 0 atom stereocenters. The predicted octanol–water partition coefficient (Wildman–Crippen LogP) is 3.01. The van der Waals surface area contributed by atoms with Gasteiger partial charge in [-0.1, -0.05) is 6.92 Å². The van der Waals surface area contributed by atoms with E-state index in [1.165, 1.54) is 0 Å². The minimum absolute atomic E-state index is 0.814. The fourth-order valence-electron chi connectivity index (χ4n) is 1.64. The first kappa shape index (κ1) is 12.2. The maximum atomic E-state index is 4.58. The highest BCUT2D eigenvalue weighted by atomic mass is 32.1. The first-order chi connectivity index (χ1) is 8.29. The fourth-order valence-corrected chi connectivity index (χ4v) is 2.27. The summed E-state index contributed by atoms with van der Waals surface area (Å²) in [5.74, 6) is 0.833. The number of rotatable bonds is 5. The van der Waals surface area contributed by atoms with Gasteiger partial charge in [0.05, 0.1) is 5.69 Å². The molecule has 3 nitrogen and oxygen atoms in total. The highest BCUT2D eigenvalue weighted by Gasteiger charge is 2.05. The van der Waals surface area contributed by atoms with Crippen LogP contribution in [-0.2, 0) is 6.54 Å². The van der Waals surface area contributed by atoms with Crippen LogP contribution in [0.5, 0.6) is 0 Å². The Labute approximate surface area is 106 Å². The van der Waals surface area contributed by atoms with Gasteiger partial charge in [-0.3, -0.25) is 0 Å². The third kappa shape index (κ3) is 3.35. The molecule has 0 aliphatic heterocycles. The van der Waals surface area contributed by atoms with E-state index in [-0.39, 0.29) is 0 Å². The van der Waals surface area contributed by atoms with Crippen molar-refractivity contribution in [2.75, 3.05) is 6.54 Å². The van der Waals surface area contributed by atoms with Crippen molar-refractivity contribution in [3.8, 4) is 11.4 Å². The predicted molar refractivity (Wildman–Crippen MR) is 72.1 cm³/mol. The molecule has 0 amide bonds. The van der Waals surface area contributed by atoms with E-state index >= 15 is 0 Å². The Morgan fingerprint density at radius 3 is 2.94 bits per heavy atom. The third-order valence-corrected chi connectivity index (χ3v) is 3.10. The lowest BCUT2D eigenvalue weighted by atomic mass is 10.2. The van der Waals surface area contributed by atoms with Crippen LogP contribution in [0.2, 0.25) is 0 Å². The van der Waals surface area contributed by atoms with Crippen molar-refractivity contribution in [1.29, 1.82) is 0 Å². The molecule has 0 aromatic carbocycles. The maximum absolute atomic E-state index is 4.58. The summed E-state index contributed by atoms with van der Waals surface area (Å²) < 4.78 is 0. The van der Waals surface area contributed by atoms with E-state index in [2.05, 4.69) is 39.0 Å². The lowest BCUT2D eigenvalue weighted by molar-refractivity contribution is 0.663. The van der Waals surface area contributed by atoms with Crippen LogP contribution in [0.3, 0.4) is 0 Å². The van der Waals surface area contributed by atoms with Gasteiger partial charge in [0, 0.05) is 23.2 Å². The highest BCUT2D eigenvalue weighted by molar-refractivity contribution is 7.08. The van der Waals surface area contributed by atoms with Crippen molar-refractivity contribution in [1.82, 2.24) is 15.3 Å². The van der Waals surface area contributed by atoms with Crippen LogP contribution >= 0.6 is 11.3 Å². The van der Waals surface area contributed by atoms with E-state index in [1.54, 1.807) is 11.3 Å². The Morgan fingerprint density at radius 1 is 1.35 bits per heavy atom. The summed E-state index contributed by atoms with van der Waals surface area (Å²) in [6, 6.07) is 4.10. The number of nitrogens with one attached hydrogen (secondary N) is 1. The molecule has 0 saturated carbocycles. The summed E-state index contributed by atoms with van der Waals surface area (Å²) >= 11 is 1.67. The van der Waals surface area contributed by atoms with Crippen molar-refractivity contribution in [2.24, 2.45) is 0 Å². The Balaban J connectivity index is 2.18. The van der Waals surface area contributed by atoms with E-state index in [9.17, 15) is 0 Å². The van der Waals surface area contributed by atoms with Gasteiger partial charge in [0.15, 0.2) is 5.82 Å². The SMILES string of the molecule is CCCNCc1cc(C)nc(-c2ccsc2)n1. The Morgan fingerprint density at radius 2 is 2.24 bits per heavy atom. The zero-order chi connectivity index (χ0) is 12.1. The molecule has 1 N–H and O–H groups in total. The van der Waals surface area contributed by atoms with Crippen molar-refractivity contribution >= 4 is 11.3 Å². The van der Waals surface area contributed by atoms with Gasteiger partial charge in [-0.15, -0.1) is 0 Å². The van der Waals surface area contributed by atoms with Crippen LogP contribution in [-0.4, -0.2) is 16.5 Å². The summed E-state index contributed by atoms with van der Waals surface area (Å²) in [6.45, 7) is 6.01. The summed E-state index contributed by atoms with van der Waals surface area (Å²) in [6.07, 6.45) is 1.14. The minimum atomic E-state index is 0.814. The number of aryl methyl sites for hydroxylation is 1. The molecule has 0 unspecified atom stereocenters. The minimum Gasteiger partial charge on any atom is -0.311 e. The number of thiophene rings is 1. The van der Waals surface area contributed by atoms with Crippen molar-refractivity contribution < 1.29 is 0 Å². The standard InChI is InChI=1S/C13H17N3S/c1-3-5-14-8-12-7-10(2)15-13(16-12)11-4-6-17-9-11/h4,6-7,9,14H,3,5,8H2,1-2H3. The van der Waals surface area contributed by atoms with Crippen molar-refractivity contribution in [3.63, 3.8) is 0 Å². The molecule has 2 heterocycles. The second-order valence-electron chi connectivity index (χ2n) is 4.01. The molecule has 0 aliphatic rings.